The molecule has 1 aromatic rings. The molecule has 0 aromatic carbocycles. The van der Waals surface area contributed by atoms with Gasteiger partial charge in [0.25, 0.3) is 0 Å². The molecule has 0 radical (unpaired) electrons. The summed E-state index contributed by atoms with van der Waals surface area (Å²) < 4.78 is 0. The van der Waals surface area contributed by atoms with Crippen molar-refractivity contribution in [2.45, 2.75) is 40.0 Å². The summed E-state index contributed by atoms with van der Waals surface area (Å²) in [5, 5.41) is 0. The third-order valence-electron chi connectivity index (χ3n) is 2.43. The molecule has 3 nitrogen and oxygen atoms in total. The van der Waals surface area contributed by atoms with Crippen LogP contribution in [0.2, 0.25) is 0 Å². The number of hydrogen-bond donors (Lipinski definition) is 2. The Hall–Kier alpha value is -0.830. The van der Waals surface area contributed by atoms with Gasteiger partial charge in [-0.2, -0.15) is 0 Å². The number of nitrogens with zero attached hydrogens (tertiary/aromatic N) is 1. The first-order chi connectivity index (χ1) is 6.54. The summed E-state index contributed by atoms with van der Waals surface area (Å²) in [5.74, 6) is 2.01. The number of H-pyrrole nitrogens is 1. The highest BCUT2D eigenvalue weighted by atomic mass is 14.9. The van der Waals surface area contributed by atoms with Crippen molar-refractivity contribution in [3.8, 4) is 0 Å². The zero-order chi connectivity index (χ0) is 10.7. The summed E-state index contributed by atoms with van der Waals surface area (Å²) in [6.45, 7) is 9.24. The number of nitrogens with two attached hydrogens (primary N) is 1. The summed E-state index contributed by atoms with van der Waals surface area (Å²) in [6, 6.07) is 0. The van der Waals surface area contributed by atoms with Crippen molar-refractivity contribution in [3.05, 3.63) is 17.2 Å². The number of aromatic nitrogens is 2. The first kappa shape index (κ1) is 11.2. The van der Waals surface area contributed by atoms with Gasteiger partial charge >= 0.3 is 0 Å². The Balaban J connectivity index is 2.82. The van der Waals surface area contributed by atoms with E-state index >= 15 is 0 Å². The van der Waals surface area contributed by atoms with Crippen LogP contribution >= 0.6 is 0 Å². The van der Waals surface area contributed by atoms with Crippen LogP contribution < -0.4 is 5.73 Å². The van der Waals surface area contributed by atoms with E-state index < -0.39 is 0 Å². The molecule has 0 amide bonds. The van der Waals surface area contributed by atoms with Gasteiger partial charge in [0.15, 0.2) is 0 Å². The Morgan fingerprint density at radius 1 is 1.36 bits per heavy atom. The minimum atomic E-state index is 0.328. The van der Waals surface area contributed by atoms with E-state index in [4.69, 9.17) is 5.73 Å². The molecule has 1 atom stereocenters. The fourth-order valence-corrected chi connectivity index (χ4v) is 1.45. The maximum atomic E-state index is 5.60. The number of imidazole rings is 1. The number of nitrogens with one attached hydrogen (secondary N) is 1. The van der Waals surface area contributed by atoms with E-state index in [0.29, 0.717) is 18.4 Å². The van der Waals surface area contributed by atoms with Crippen molar-refractivity contribution in [1.29, 1.82) is 0 Å². The lowest BCUT2D eigenvalue weighted by atomic mass is 10.1. The molecule has 0 aliphatic heterocycles. The fourth-order valence-electron chi connectivity index (χ4n) is 1.45. The van der Waals surface area contributed by atoms with E-state index in [1.807, 2.05) is 0 Å². The lowest BCUT2D eigenvalue weighted by molar-refractivity contribution is 0.631. The molecule has 0 fully saturated rings. The Bertz CT molecular complexity index is 289. The second-order valence-electron chi connectivity index (χ2n) is 4.43. The van der Waals surface area contributed by atoms with Crippen LogP contribution in [0.4, 0.5) is 0 Å². The van der Waals surface area contributed by atoms with Gasteiger partial charge in [0.1, 0.15) is 5.82 Å². The van der Waals surface area contributed by atoms with Crippen LogP contribution in [0.25, 0.3) is 0 Å². The van der Waals surface area contributed by atoms with Crippen LogP contribution in [-0.4, -0.2) is 16.5 Å². The summed E-state index contributed by atoms with van der Waals surface area (Å²) in [4.78, 5) is 7.89. The van der Waals surface area contributed by atoms with Gasteiger partial charge in [-0.1, -0.05) is 20.8 Å². The van der Waals surface area contributed by atoms with Crippen molar-refractivity contribution in [1.82, 2.24) is 9.97 Å². The number of rotatable bonds is 4. The molecule has 14 heavy (non-hydrogen) atoms. The van der Waals surface area contributed by atoms with Gasteiger partial charge in [-0.25, -0.2) is 4.98 Å². The van der Waals surface area contributed by atoms with Crippen LogP contribution in [0.1, 0.15) is 43.9 Å². The van der Waals surface area contributed by atoms with Crippen molar-refractivity contribution in [2.24, 2.45) is 11.7 Å². The first-order valence-electron chi connectivity index (χ1n) is 5.30. The van der Waals surface area contributed by atoms with Gasteiger partial charge in [-0.3, -0.25) is 0 Å². The molecular weight excluding hydrogens is 174 g/mol. The fraction of sp³-hybridized carbons (Fsp3) is 0.727. The molecule has 0 bridgehead atoms. The largest absolute Gasteiger partial charge is 0.346 e. The summed E-state index contributed by atoms with van der Waals surface area (Å²) in [6.07, 6.45) is 1.04. The van der Waals surface area contributed by atoms with Crippen LogP contribution in [-0.2, 0) is 6.42 Å². The predicted molar refractivity (Wildman–Crippen MR) is 59.3 cm³/mol. The Morgan fingerprint density at radius 3 is 2.50 bits per heavy atom. The van der Waals surface area contributed by atoms with Gasteiger partial charge in [0, 0.05) is 18.2 Å². The molecule has 1 aromatic heterocycles. The molecule has 1 heterocycles. The summed E-state index contributed by atoms with van der Waals surface area (Å²) in [7, 11) is 0. The minimum Gasteiger partial charge on any atom is -0.346 e. The molecule has 80 valence electrons. The standard InChI is InChI=1S/C11H21N3/c1-7(2)5-10-9(4)13-11(14-10)8(3)6-12/h7-8H,5-6,12H2,1-4H3,(H,13,14). The molecule has 0 saturated heterocycles. The first-order valence-corrected chi connectivity index (χ1v) is 5.30. The third kappa shape index (κ3) is 2.58. The highest BCUT2D eigenvalue weighted by Gasteiger charge is 2.12. The van der Waals surface area contributed by atoms with Gasteiger partial charge in [0.2, 0.25) is 0 Å². The topological polar surface area (TPSA) is 54.7 Å². The highest BCUT2D eigenvalue weighted by Crippen LogP contribution is 2.15. The Labute approximate surface area is 86.1 Å². The predicted octanol–water partition coefficient (Wildman–Crippen LogP) is 1.98. The molecule has 1 rings (SSSR count). The van der Waals surface area contributed by atoms with E-state index in [2.05, 4.69) is 37.7 Å². The van der Waals surface area contributed by atoms with E-state index in [1.54, 1.807) is 0 Å². The highest BCUT2D eigenvalue weighted by molar-refractivity contribution is 5.15. The molecule has 0 spiro atoms. The van der Waals surface area contributed by atoms with E-state index in [-0.39, 0.29) is 0 Å². The van der Waals surface area contributed by atoms with E-state index in [1.165, 1.54) is 11.4 Å². The van der Waals surface area contributed by atoms with E-state index in [9.17, 15) is 0 Å². The van der Waals surface area contributed by atoms with Crippen molar-refractivity contribution >= 4 is 0 Å². The number of aromatic amines is 1. The Morgan fingerprint density at radius 2 is 2.00 bits per heavy atom. The molecule has 1 unspecified atom stereocenters. The average Bonchev–Trinajstić information content (AvgIpc) is 2.46. The van der Waals surface area contributed by atoms with Crippen molar-refractivity contribution < 1.29 is 0 Å². The Kier molecular flexibility index (Phi) is 3.69. The van der Waals surface area contributed by atoms with Gasteiger partial charge < -0.3 is 10.7 Å². The lowest BCUT2D eigenvalue weighted by Gasteiger charge is -2.03. The molecule has 0 aliphatic rings. The van der Waals surface area contributed by atoms with Crippen LogP contribution in [0.3, 0.4) is 0 Å². The number of aryl methyl sites for hydroxylation is 1. The summed E-state index contributed by atoms with van der Waals surface area (Å²) in [5.41, 5.74) is 7.98. The maximum absolute atomic E-state index is 5.60. The normalized spacial score (nSPS) is 13.6. The van der Waals surface area contributed by atoms with Gasteiger partial charge in [-0.15, -0.1) is 0 Å². The van der Waals surface area contributed by atoms with Gasteiger partial charge in [0.05, 0.1) is 5.69 Å². The SMILES string of the molecule is Cc1[nH]c(C(C)CN)nc1CC(C)C. The van der Waals surface area contributed by atoms with Crippen LogP contribution in [0.5, 0.6) is 0 Å². The lowest BCUT2D eigenvalue weighted by Crippen LogP contribution is -2.10. The minimum absolute atomic E-state index is 0.328. The van der Waals surface area contributed by atoms with E-state index in [0.717, 1.165) is 12.2 Å². The number of hydrogen-bond acceptors (Lipinski definition) is 2. The summed E-state index contributed by atoms with van der Waals surface area (Å²) >= 11 is 0. The van der Waals surface area contributed by atoms with Gasteiger partial charge in [-0.05, 0) is 19.3 Å². The average molecular weight is 195 g/mol. The monoisotopic (exact) mass is 195 g/mol. The zero-order valence-electron chi connectivity index (χ0n) is 9.59. The molecular formula is C11H21N3. The quantitative estimate of drug-likeness (QED) is 0.772. The molecule has 3 heteroatoms. The van der Waals surface area contributed by atoms with Crippen LogP contribution in [0.15, 0.2) is 0 Å². The second kappa shape index (κ2) is 4.60. The molecule has 3 N–H and O–H groups in total. The van der Waals surface area contributed by atoms with Crippen molar-refractivity contribution in [2.75, 3.05) is 6.54 Å². The molecule has 0 saturated carbocycles. The maximum Gasteiger partial charge on any atom is 0.110 e. The van der Waals surface area contributed by atoms with Crippen molar-refractivity contribution in [3.63, 3.8) is 0 Å². The zero-order valence-corrected chi connectivity index (χ0v) is 9.59. The molecule has 0 aliphatic carbocycles. The third-order valence-corrected chi connectivity index (χ3v) is 2.43. The second-order valence-corrected chi connectivity index (χ2v) is 4.43. The smallest absolute Gasteiger partial charge is 0.110 e. The van der Waals surface area contributed by atoms with Crippen LogP contribution in [0, 0.1) is 12.8 Å².